The van der Waals surface area contributed by atoms with Gasteiger partial charge in [0, 0.05) is 11.9 Å². The van der Waals surface area contributed by atoms with Crippen molar-refractivity contribution < 1.29 is 4.79 Å². The molecule has 142 valence electrons. The second-order valence-electron chi connectivity index (χ2n) is 6.69. The van der Waals surface area contributed by atoms with E-state index in [1.165, 1.54) is 21.9 Å². The Morgan fingerprint density at radius 2 is 2.04 bits per heavy atom. The summed E-state index contributed by atoms with van der Waals surface area (Å²) in [6, 6.07) is 12.9. The Bertz CT molecular complexity index is 993. The number of aromatic nitrogens is 3. The van der Waals surface area contributed by atoms with Crippen molar-refractivity contribution >= 4 is 29.6 Å². The molecule has 3 aromatic rings. The Kier molecular flexibility index (Phi) is 5.93. The number of amides is 1. The number of carbonyl (C=O) groups excluding carboxylic acids is 1. The van der Waals surface area contributed by atoms with Crippen LogP contribution in [0.5, 0.6) is 0 Å². The summed E-state index contributed by atoms with van der Waals surface area (Å²) in [4.78, 5) is 24.4. The smallest absolute Gasteiger partial charge is 0.325 e. The number of rotatable bonds is 7. The summed E-state index contributed by atoms with van der Waals surface area (Å²) in [5.41, 5.74) is 2.06. The lowest BCUT2D eigenvalue weighted by Crippen LogP contribution is -2.29. The maximum Gasteiger partial charge on any atom is 0.350 e. The largest absolute Gasteiger partial charge is 0.350 e. The fourth-order valence-electron chi connectivity index (χ4n) is 2.91. The van der Waals surface area contributed by atoms with E-state index in [-0.39, 0.29) is 24.0 Å². The fourth-order valence-corrected chi connectivity index (χ4v) is 2.91. The topological polar surface area (TPSA) is 80.4 Å². The number of pyridine rings is 1. The predicted octanol–water partition coefficient (Wildman–Crippen LogP) is 1.90. The maximum absolute atomic E-state index is 12.4. The van der Waals surface area contributed by atoms with Crippen molar-refractivity contribution in [1.82, 2.24) is 19.5 Å². The van der Waals surface area contributed by atoms with Crippen LogP contribution < -0.4 is 16.3 Å². The minimum atomic E-state index is -0.181. The quantitative estimate of drug-likeness (QED) is 0.649. The van der Waals surface area contributed by atoms with Crippen molar-refractivity contribution in [2.45, 2.75) is 19.4 Å². The molecule has 2 heterocycles. The molecule has 27 heavy (non-hydrogen) atoms. The van der Waals surface area contributed by atoms with Crippen LogP contribution in [-0.4, -0.2) is 33.2 Å². The Labute approximate surface area is 162 Å². The maximum atomic E-state index is 12.4. The SMILES string of the molecule is Cl.O=C(CNCC1CC1)Nc1cccc(Cn2nc3ccccn3c2=O)c1. The normalized spacial score (nSPS) is 13.3. The van der Waals surface area contributed by atoms with Gasteiger partial charge in [-0.1, -0.05) is 18.2 Å². The molecule has 0 bridgehead atoms. The van der Waals surface area contributed by atoms with Gasteiger partial charge in [-0.15, -0.1) is 17.5 Å². The Morgan fingerprint density at radius 3 is 2.81 bits per heavy atom. The van der Waals surface area contributed by atoms with Crippen LogP contribution in [0.15, 0.2) is 53.5 Å². The molecule has 0 aliphatic heterocycles. The Balaban J connectivity index is 0.00000210. The first-order chi connectivity index (χ1) is 12.7. The molecular weight excluding hydrogens is 366 g/mol. The number of hydrogen-bond acceptors (Lipinski definition) is 4. The van der Waals surface area contributed by atoms with E-state index in [9.17, 15) is 9.59 Å². The van der Waals surface area contributed by atoms with Crippen molar-refractivity contribution in [1.29, 1.82) is 0 Å². The molecule has 1 saturated carbocycles. The third-order valence-corrected chi connectivity index (χ3v) is 4.45. The highest BCUT2D eigenvalue weighted by atomic mass is 35.5. The van der Waals surface area contributed by atoms with Gasteiger partial charge in [-0.05, 0) is 55.1 Å². The van der Waals surface area contributed by atoms with Crippen LogP contribution in [0.1, 0.15) is 18.4 Å². The van der Waals surface area contributed by atoms with Gasteiger partial charge in [-0.2, -0.15) is 0 Å². The van der Waals surface area contributed by atoms with Gasteiger partial charge in [-0.3, -0.25) is 9.20 Å². The van der Waals surface area contributed by atoms with Crippen LogP contribution >= 0.6 is 12.4 Å². The zero-order chi connectivity index (χ0) is 17.9. The standard InChI is InChI=1S/C19H21N5O2.ClH/c25-18(12-20-11-14-7-8-14)21-16-5-3-4-15(10-16)13-24-19(26)23-9-2-1-6-17(23)22-24;/h1-6,9-10,14,20H,7-8,11-13H2,(H,21,25);1H. The van der Waals surface area contributed by atoms with Gasteiger partial charge in [0.2, 0.25) is 5.91 Å². The van der Waals surface area contributed by atoms with E-state index in [0.717, 1.165) is 23.7 Å². The van der Waals surface area contributed by atoms with Crippen molar-refractivity contribution in [3.63, 3.8) is 0 Å². The fraction of sp³-hybridized carbons (Fsp3) is 0.316. The average molecular weight is 388 g/mol. The zero-order valence-corrected chi connectivity index (χ0v) is 15.6. The molecule has 1 aromatic carbocycles. The van der Waals surface area contributed by atoms with Gasteiger partial charge < -0.3 is 10.6 Å². The molecule has 7 nitrogen and oxygen atoms in total. The van der Waals surface area contributed by atoms with E-state index in [4.69, 9.17) is 0 Å². The van der Waals surface area contributed by atoms with E-state index in [0.29, 0.717) is 18.7 Å². The van der Waals surface area contributed by atoms with Crippen molar-refractivity contribution in [3.05, 3.63) is 64.7 Å². The van der Waals surface area contributed by atoms with Crippen LogP contribution in [0.25, 0.3) is 5.65 Å². The van der Waals surface area contributed by atoms with Crippen LogP contribution in [0.2, 0.25) is 0 Å². The van der Waals surface area contributed by atoms with E-state index in [1.54, 1.807) is 18.3 Å². The number of halogens is 1. The highest BCUT2D eigenvalue weighted by Gasteiger charge is 2.20. The number of carbonyl (C=O) groups is 1. The summed E-state index contributed by atoms with van der Waals surface area (Å²) in [6.45, 7) is 1.57. The molecule has 0 atom stereocenters. The zero-order valence-electron chi connectivity index (χ0n) is 14.8. The van der Waals surface area contributed by atoms with E-state index >= 15 is 0 Å². The van der Waals surface area contributed by atoms with Crippen LogP contribution in [-0.2, 0) is 11.3 Å². The summed E-state index contributed by atoms with van der Waals surface area (Å²) in [6.07, 6.45) is 4.23. The summed E-state index contributed by atoms with van der Waals surface area (Å²) in [7, 11) is 0. The molecule has 0 radical (unpaired) electrons. The number of fused-ring (bicyclic) bond motifs is 1. The highest BCUT2D eigenvalue weighted by molar-refractivity contribution is 5.92. The molecule has 1 aliphatic rings. The molecule has 2 aromatic heterocycles. The number of benzene rings is 1. The van der Waals surface area contributed by atoms with Gasteiger partial charge in [0.15, 0.2) is 5.65 Å². The third kappa shape index (κ3) is 4.75. The van der Waals surface area contributed by atoms with Crippen molar-refractivity contribution in [2.75, 3.05) is 18.4 Å². The third-order valence-electron chi connectivity index (χ3n) is 4.45. The van der Waals surface area contributed by atoms with Crippen LogP contribution in [0, 0.1) is 5.92 Å². The second-order valence-corrected chi connectivity index (χ2v) is 6.69. The van der Waals surface area contributed by atoms with Gasteiger partial charge in [-0.25, -0.2) is 9.48 Å². The number of nitrogens with zero attached hydrogens (tertiary/aromatic N) is 3. The minimum Gasteiger partial charge on any atom is -0.325 e. The Hall–Kier alpha value is -2.64. The number of nitrogens with one attached hydrogen (secondary N) is 2. The van der Waals surface area contributed by atoms with Crippen molar-refractivity contribution in [3.8, 4) is 0 Å². The Morgan fingerprint density at radius 1 is 1.19 bits per heavy atom. The molecule has 4 rings (SSSR count). The molecule has 0 unspecified atom stereocenters. The molecular formula is C19H22ClN5O2. The van der Waals surface area contributed by atoms with Gasteiger partial charge >= 0.3 is 5.69 Å². The highest BCUT2D eigenvalue weighted by Crippen LogP contribution is 2.27. The van der Waals surface area contributed by atoms with Crippen molar-refractivity contribution in [2.24, 2.45) is 5.92 Å². The molecule has 1 amide bonds. The molecule has 1 fully saturated rings. The summed E-state index contributed by atoms with van der Waals surface area (Å²) >= 11 is 0. The first kappa shape index (κ1) is 19.1. The minimum absolute atomic E-state index is 0. The average Bonchev–Trinajstić information content (AvgIpc) is 3.40. The molecule has 0 saturated heterocycles. The number of anilines is 1. The summed E-state index contributed by atoms with van der Waals surface area (Å²) in [5, 5.41) is 10.4. The molecule has 2 N–H and O–H groups in total. The first-order valence-corrected chi connectivity index (χ1v) is 8.83. The predicted molar refractivity (Wildman–Crippen MR) is 106 cm³/mol. The van der Waals surface area contributed by atoms with Gasteiger partial charge in [0.1, 0.15) is 0 Å². The summed E-state index contributed by atoms with van der Waals surface area (Å²) < 4.78 is 2.94. The van der Waals surface area contributed by atoms with Gasteiger partial charge in [0.05, 0.1) is 13.1 Å². The molecule has 0 spiro atoms. The second kappa shape index (κ2) is 8.37. The lowest BCUT2D eigenvalue weighted by atomic mass is 10.2. The summed E-state index contributed by atoms with van der Waals surface area (Å²) in [5.74, 6) is 0.683. The molecule has 1 aliphatic carbocycles. The van der Waals surface area contributed by atoms with E-state index in [1.807, 2.05) is 30.3 Å². The lowest BCUT2D eigenvalue weighted by molar-refractivity contribution is -0.115. The van der Waals surface area contributed by atoms with Crippen LogP contribution in [0.4, 0.5) is 5.69 Å². The molecule has 8 heteroatoms. The monoisotopic (exact) mass is 387 g/mol. The van der Waals surface area contributed by atoms with E-state index in [2.05, 4.69) is 15.7 Å². The first-order valence-electron chi connectivity index (χ1n) is 8.83. The van der Waals surface area contributed by atoms with E-state index < -0.39 is 0 Å². The van der Waals surface area contributed by atoms with Gasteiger partial charge in [0.25, 0.3) is 0 Å². The number of hydrogen-bond donors (Lipinski definition) is 2. The van der Waals surface area contributed by atoms with Crippen LogP contribution in [0.3, 0.4) is 0 Å². The lowest BCUT2D eigenvalue weighted by Gasteiger charge is -2.08.